The van der Waals surface area contributed by atoms with Crippen LogP contribution < -0.4 is 0 Å². The third-order valence-corrected chi connectivity index (χ3v) is 3.50. The lowest BCUT2D eigenvalue weighted by atomic mass is 10.2. The molecule has 0 radical (unpaired) electrons. The van der Waals surface area contributed by atoms with Crippen molar-refractivity contribution in [3.63, 3.8) is 0 Å². The van der Waals surface area contributed by atoms with E-state index in [1.165, 1.54) is 0 Å². The molecule has 5 nitrogen and oxygen atoms in total. The topological polar surface area (TPSA) is 36.0 Å². The minimum atomic E-state index is -0.0721. The van der Waals surface area contributed by atoms with Crippen LogP contribution in [0.5, 0.6) is 0 Å². The molecule has 2 aliphatic rings. The van der Waals surface area contributed by atoms with Gasteiger partial charge in [-0.1, -0.05) is 0 Å². The first-order valence-corrected chi connectivity index (χ1v) is 5.94. The van der Waals surface area contributed by atoms with E-state index >= 15 is 0 Å². The third kappa shape index (κ3) is 2.53. The number of rotatable bonds is 1. The third-order valence-electron chi connectivity index (χ3n) is 3.50. The van der Waals surface area contributed by atoms with Crippen molar-refractivity contribution >= 4 is 5.91 Å². The molecule has 2 aliphatic heterocycles. The minimum absolute atomic E-state index is 0.0721. The molecular weight excluding hydrogens is 206 g/mol. The lowest BCUT2D eigenvalue weighted by Gasteiger charge is -2.38. The molecule has 0 N–H and O–H groups in total. The van der Waals surface area contributed by atoms with Gasteiger partial charge in [-0.3, -0.25) is 9.69 Å². The Labute approximate surface area is 96.9 Å². The van der Waals surface area contributed by atoms with Gasteiger partial charge in [0, 0.05) is 32.7 Å². The highest BCUT2D eigenvalue weighted by molar-refractivity contribution is 5.82. The molecule has 92 valence electrons. The van der Waals surface area contributed by atoms with Gasteiger partial charge in [0.15, 0.2) is 0 Å². The first-order valence-electron chi connectivity index (χ1n) is 5.94. The van der Waals surface area contributed by atoms with Crippen LogP contribution in [0.1, 0.15) is 0 Å². The number of hydrogen-bond acceptors (Lipinski definition) is 4. The molecule has 2 heterocycles. The fourth-order valence-corrected chi connectivity index (χ4v) is 2.18. The van der Waals surface area contributed by atoms with Gasteiger partial charge in [0.05, 0.1) is 13.2 Å². The van der Waals surface area contributed by atoms with E-state index < -0.39 is 0 Å². The molecule has 0 aliphatic carbocycles. The van der Waals surface area contributed by atoms with E-state index in [9.17, 15) is 4.79 Å². The number of nitrogens with zero attached hydrogens (tertiary/aromatic N) is 3. The summed E-state index contributed by atoms with van der Waals surface area (Å²) in [4.78, 5) is 18.6. The van der Waals surface area contributed by atoms with Gasteiger partial charge in [0.2, 0.25) is 5.91 Å². The molecule has 0 saturated carbocycles. The zero-order valence-electron chi connectivity index (χ0n) is 10.2. The number of morpholine rings is 1. The summed E-state index contributed by atoms with van der Waals surface area (Å²) < 4.78 is 5.39. The zero-order chi connectivity index (χ0) is 11.5. The fourth-order valence-electron chi connectivity index (χ4n) is 2.18. The van der Waals surface area contributed by atoms with Crippen molar-refractivity contribution in [2.75, 3.05) is 60.0 Å². The number of amides is 1. The summed E-state index contributed by atoms with van der Waals surface area (Å²) in [6.07, 6.45) is 0. The molecular formula is C11H21N3O2. The molecule has 0 bridgehead atoms. The number of hydrogen-bond donors (Lipinski definition) is 0. The maximum Gasteiger partial charge on any atom is 0.242 e. The standard InChI is InChI=1S/C11H21N3O2/c1-12-3-5-14(6-4-12)11(15)10-9-16-8-7-13(10)2/h10H,3-9H2,1-2H3. The van der Waals surface area contributed by atoms with Crippen molar-refractivity contribution in [1.82, 2.24) is 14.7 Å². The summed E-state index contributed by atoms with van der Waals surface area (Å²) in [5, 5.41) is 0. The predicted molar refractivity (Wildman–Crippen MR) is 61.3 cm³/mol. The Kier molecular flexibility index (Phi) is 3.78. The first kappa shape index (κ1) is 11.8. The quantitative estimate of drug-likeness (QED) is 0.581. The van der Waals surface area contributed by atoms with Gasteiger partial charge in [0.25, 0.3) is 0 Å². The molecule has 0 aromatic carbocycles. The average molecular weight is 227 g/mol. The molecule has 1 unspecified atom stereocenters. The molecule has 1 amide bonds. The lowest BCUT2D eigenvalue weighted by Crippen LogP contribution is -2.57. The summed E-state index contributed by atoms with van der Waals surface area (Å²) in [5.41, 5.74) is 0. The van der Waals surface area contributed by atoms with Crippen LogP contribution in [0.4, 0.5) is 0 Å². The van der Waals surface area contributed by atoms with Crippen LogP contribution in [-0.4, -0.2) is 86.7 Å². The van der Waals surface area contributed by atoms with Gasteiger partial charge < -0.3 is 14.5 Å². The highest BCUT2D eigenvalue weighted by Gasteiger charge is 2.31. The molecule has 0 aromatic rings. The Morgan fingerprint density at radius 2 is 1.81 bits per heavy atom. The van der Waals surface area contributed by atoms with E-state index in [0.717, 1.165) is 39.3 Å². The summed E-state index contributed by atoms with van der Waals surface area (Å²) in [6, 6.07) is -0.0721. The zero-order valence-corrected chi connectivity index (χ0v) is 10.2. The Bertz CT molecular complexity index is 252. The largest absolute Gasteiger partial charge is 0.378 e. The summed E-state index contributed by atoms with van der Waals surface area (Å²) in [5.74, 6) is 0.232. The van der Waals surface area contributed by atoms with Gasteiger partial charge in [-0.05, 0) is 14.1 Å². The highest BCUT2D eigenvalue weighted by atomic mass is 16.5. The number of carbonyl (C=O) groups is 1. The monoisotopic (exact) mass is 227 g/mol. The molecule has 5 heteroatoms. The summed E-state index contributed by atoms with van der Waals surface area (Å²) in [6.45, 7) is 5.78. The fraction of sp³-hybridized carbons (Fsp3) is 0.909. The second kappa shape index (κ2) is 5.12. The minimum Gasteiger partial charge on any atom is -0.378 e. The molecule has 2 rings (SSSR count). The average Bonchev–Trinajstić information content (AvgIpc) is 2.30. The van der Waals surface area contributed by atoms with E-state index in [4.69, 9.17) is 4.74 Å². The number of carbonyl (C=O) groups excluding carboxylic acids is 1. The van der Waals surface area contributed by atoms with Gasteiger partial charge in [-0.25, -0.2) is 0 Å². The Balaban J connectivity index is 1.90. The molecule has 0 spiro atoms. The summed E-state index contributed by atoms with van der Waals surface area (Å²) in [7, 11) is 4.10. The van der Waals surface area contributed by atoms with Crippen LogP contribution >= 0.6 is 0 Å². The van der Waals surface area contributed by atoms with Crippen molar-refractivity contribution in [3.05, 3.63) is 0 Å². The van der Waals surface area contributed by atoms with Crippen LogP contribution in [0.2, 0.25) is 0 Å². The van der Waals surface area contributed by atoms with Crippen molar-refractivity contribution in [1.29, 1.82) is 0 Å². The Morgan fingerprint density at radius 3 is 2.44 bits per heavy atom. The second-order valence-electron chi connectivity index (χ2n) is 4.70. The van der Waals surface area contributed by atoms with Crippen LogP contribution in [0.3, 0.4) is 0 Å². The van der Waals surface area contributed by atoms with E-state index in [1.807, 2.05) is 11.9 Å². The van der Waals surface area contributed by atoms with Crippen LogP contribution in [0, 0.1) is 0 Å². The summed E-state index contributed by atoms with van der Waals surface area (Å²) >= 11 is 0. The van der Waals surface area contributed by atoms with Crippen LogP contribution in [-0.2, 0) is 9.53 Å². The molecule has 2 saturated heterocycles. The van der Waals surface area contributed by atoms with Crippen molar-refractivity contribution in [2.45, 2.75) is 6.04 Å². The van der Waals surface area contributed by atoms with Gasteiger partial charge in [-0.2, -0.15) is 0 Å². The van der Waals surface area contributed by atoms with E-state index in [-0.39, 0.29) is 11.9 Å². The number of likely N-dealkylation sites (N-methyl/N-ethyl adjacent to an activating group) is 2. The highest BCUT2D eigenvalue weighted by Crippen LogP contribution is 2.09. The van der Waals surface area contributed by atoms with Crippen molar-refractivity contribution in [2.24, 2.45) is 0 Å². The van der Waals surface area contributed by atoms with Gasteiger partial charge in [-0.15, -0.1) is 0 Å². The predicted octanol–water partition coefficient (Wildman–Crippen LogP) is -0.909. The Hall–Kier alpha value is -0.650. The molecule has 16 heavy (non-hydrogen) atoms. The Morgan fingerprint density at radius 1 is 1.12 bits per heavy atom. The maximum atomic E-state index is 12.3. The molecule has 0 aromatic heterocycles. The van der Waals surface area contributed by atoms with Crippen LogP contribution in [0.15, 0.2) is 0 Å². The lowest BCUT2D eigenvalue weighted by molar-refractivity contribution is -0.143. The first-order chi connectivity index (χ1) is 7.68. The second-order valence-corrected chi connectivity index (χ2v) is 4.70. The molecule has 2 fully saturated rings. The maximum absolute atomic E-state index is 12.3. The number of piperazine rings is 1. The normalized spacial score (nSPS) is 29.4. The number of ether oxygens (including phenoxy) is 1. The van der Waals surface area contributed by atoms with Gasteiger partial charge in [0.1, 0.15) is 6.04 Å². The van der Waals surface area contributed by atoms with Gasteiger partial charge >= 0.3 is 0 Å². The van der Waals surface area contributed by atoms with Crippen molar-refractivity contribution in [3.8, 4) is 0 Å². The SMILES string of the molecule is CN1CCN(C(=O)C2COCCN2C)CC1. The molecule has 1 atom stereocenters. The van der Waals surface area contributed by atoms with Crippen molar-refractivity contribution < 1.29 is 9.53 Å². The van der Waals surface area contributed by atoms with E-state index in [2.05, 4.69) is 16.8 Å². The smallest absolute Gasteiger partial charge is 0.242 e. The van der Waals surface area contributed by atoms with E-state index in [1.54, 1.807) is 0 Å². The van der Waals surface area contributed by atoms with Crippen LogP contribution in [0.25, 0.3) is 0 Å². The van der Waals surface area contributed by atoms with E-state index in [0.29, 0.717) is 6.61 Å².